The van der Waals surface area contributed by atoms with Crippen LogP contribution in [0.3, 0.4) is 0 Å². The molecule has 9 aromatic rings. The van der Waals surface area contributed by atoms with E-state index in [1.54, 1.807) is 0 Å². The Balaban J connectivity index is 1.07. The minimum Gasteiger partial charge on any atom is -0.454 e. The van der Waals surface area contributed by atoms with Gasteiger partial charge < -0.3 is 9.32 Å². The summed E-state index contributed by atoms with van der Waals surface area (Å²) in [7, 11) is 0. The largest absolute Gasteiger partial charge is 0.454 e. The normalized spacial score (nSPS) is 14.8. The van der Waals surface area contributed by atoms with Crippen molar-refractivity contribution in [2.24, 2.45) is 0 Å². The molecule has 2 nitrogen and oxygen atoms in total. The fourth-order valence-electron chi connectivity index (χ4n) is 9.86. The first-order valence-electron chi connectivity index (χ1n) is 19.7. The molecule has 0 bridgehead atoms. The summed E-state index contributed by atoms with van der Waals surface area (Å²) in [5.41, 5.74) is 17.3. The van der Waals surface area contributed by atoms with Crippen molar-refractivity contribution in [2.45, 2.75) is 58.3 Å². The molecule has 0 unspecified atom stereocenters. The van der Waals surface area contributed by atoms with Crippen molar-refractivity contribution in [3.05, 3.63) is 173 Å². The lowest BCUT2D eigenvalue weighted by Gasteiger charge is -2.27. The van der Waals surface area contributed by atoms with Crippen molar-refractivity contribution in [3.63, 3.8) is 0 Å². The van der Waals surface area contributed by atoms with Gasteiger partial charge in [-0.1, -0.05) is 114 Å². The number of nitrogens with zero attached hydrogens (tertiary/aromatic N) is 1. The zero-order valence-electron chi connectivity index (χ0n) is 32.3. The van der Waals surface area contributed by atoms with Gasteiger partial charge in [0.05, 0.1) is 5.69 Å². The summed E-state index contributed by atoms with van der Waals surface area (Å²) >= 11 is 0. The van der Waals surface area contributed by atoms with Crippen LogP contribution >= 0.6 is 0 Å². The van der Waals surface area contributed by atoms with Crippen molar-refractivity contribution in [1.82, 2.24) is 0 Å². The van der Waals surface area contributed by atoms with Crippen LogP contribution < -0.4 is 4.90 Å². The third-order valence-electron chi connectivity index (χ3n) is 13.0. The highest BCUT2D eigenvalue weighted by Gasteiger charge is 2.42. The van der Waals surface area contributed by atoms with Crippen molar-refractivity contribution >= 4 is 60.5 Å². The number of rotatable bonds is 4. The predicted molar refractivity (Wildman–Crippen MR) is 233 cm³/mol. The third kappa shape index (κ3) is 4.55. The highest BCUT2D eigenvalue weighted by atomic mass is 16.3. The van der Waals surface area contributed by atoms with E-state index in [4.69, 9.17) is 4.42 Å². The quantitative estimate of drug-likeness (QED) is 0.181. The molecule has 0 amide bonds. The molecule has 2 aliphatic carbocycles. The Kier molecular flexibility index (Phi) is 6.59. The van der Waals surface area contributed by atoms with E-state index in [2.05, 4.69) is 186 Å². The summed E-state index contributed by atoms with van der Waals surface area (Å²) in [4.78, 5) is 2.37. The van der Waals surface area contributed by atoms with Crippen LogP contribution in [-0.2, 0) is 10.8 Å². The van der Waals surface area contributed by atoms with Gasteiger partial charge in [-0.15, -0.1) is 0 Å². The van der Waals surface area contributed by atoms with Crippen molar-refractivity contribution in [2.75, 3.05) is 4.90 Å². The van der Waals surface area contributed by atoms with Gasteiger partial charge >= 0.3 is 0 Å². The van der Waals surface area contributed by atoms with Crippen LogP contribution in [0, 0.1) is 0 Å². The second kappa shape index (κ2) is 11.2. The van der Waals surface area contributed by atoms with Crippen molar-refractivity contribution < 1.29 is 4.42 Å². The van der Waals surface area contributed by atoms with E-state index in [-0.39, 0.29) is 10.8 Å². The van der Waals surface area contributed by atoms with Gasteiger partial charge in [0, 0.05) is 33.0 Å². The summed E-state index contributed by atoms with van der Waals surface area (Å²) in [5, 5.41) is 7.36. The lowest BCUT2D eigenvalue weighted by molar-refractivity contribution is 0.653. The monoisotopic (exact) mass is 709 g/mol. The average Bonchev–Trinajstić information content (AvgIpc) is 3.75. The first kappa shape index (κ1) is 32.3. The Hall–Kier alpha value is -6.12. The number of para-hydroxylation sites is 2. The van der Waals surface area contributed by atoms with E-state index in [9.17, 15) is 0 Å². The predicted octanol–water partition coefficient (Wildman–Crippen LogP) is 15.1. The lowest BCUT2D eigenvalue weighted by atomic mass is 9.79. The summed E-state index contributed by atoms with van der Waals surface area (Å²) < 4.78 is 6.63. The topological polar surface area (TPSA) is 16.4 Å². The Morgan fingerprint density at radius 1 is 0.455 bits per heavy atom. The van der Waals surface area contributed by atoms with E-state index in [0.717, 1.165) is 39.0 Å². The second-order valence-electron chi connectivity index (χ2n) is 17.2. The zero-order chi connectivity index (χ0) is 37.4. The van der Waals surface area contributed by atoms with Gasteiger partial charge in [-0.25, -0.2) is 0 Å². The standard InChI is InChI=1S/C53H43NO/c1-31(2)32-18-21-37(22-19-32)54(49-16-11-15-40-39-14-9-10-17-50(39)55-51(40)49)38-23-20-35-26-42-44-30-47-43(29-48(44)53(5,6)46(42)28-36(35)24-38)41-25-33-12-7-8-13-34(33)27-45(41)52(47,3)4/h7-31H,1-6H3. The van der Waals surface area contributed by atoms with Crippen molar-refractivity contribution in [1.29, 1.82) is 0 Å². The molecule has 55 heavy (non-hydrogen) atoms. The molecule has 266 valence electrons. The van der Waals surface area contributed by atoms with E-state index in [1.807, 2.05) is 6.07 Å². The van der Waals surface area contributed by atoms with Crippen LogP contribution in [0.5, 0.6) is 0 Å². The zero-order valence-corrected chi connectivity index (χ0v) is 32.3. The molecular formula is C53H43NO. The van der Waals surface area contributed by atoms with Gasteiger partial charge in [-0.2, -0.15) is 0 Å². The fourth-order valence-corrected chi connectivity index (χ4v) is 9.86. The fraction of sp³-hybridized carbons (Fsp3) is 0.170. The minimum atomic E-state index is -0.153. The average molecular weight is 710 g/mol. The second-order valence-corrected chi connectivity index (χ2v) is 17.2. The van der Waals surface area contributed by atoms with Gasteiger partial charge in [0.25, 0.3) is 0 Å². The molecule has 0 saturated carbocycles. The summed E-state index contributed by atoms with van der Waals surface area (Å²) in [6.45, 7) is 14.1. The molecule has 8 aromatic carbocycles. The number of benzene rings is 8. The maximum atomic E-state index is 6.63. The van der Waals surface area contributed by atoms with Gasteiger partial charge in [0.1, 0.15) is 5.58 Å². The van der Waals surface area contributed by atoms with E-state index >= 15 is 0 Å². The number of furan rings is 1. The number of hydrogen-bond donors (Lipinski definition) is 0. The SMILES string of the molecule is CC(C)c1ccc(N(c2ccc3cc4c(cc3c2)C(C)(C)c2cc3c(cc2-4)C(C)(C)c2cc4ccccc4cc2-3)c2cccc3c2oc2ccccc23)cc1. The molecule has 0 aliphatic heterocycles. The van der Waals surface area contributed by atoms with E-state index in [0.29, 0.717) is 5.92 Å². The molecule has 2 aliphatic rings. The van der Waals surface area contributed by atoms with Crippen LogP contribution in [0.4, 0.5) is 17.1 Å². The molecule has 0 spiro atoms. The maximum Gasteiger partial charge on any atom is 0.159 e. The highest BCUT2D eigenvalue weighted by Crippen LogP contribution is 2.57. The molecular weight excluding hydrogens is 667 g/mol. The number of anilines is 3. The van der Waals surface area contributed by atoms with Gasteiger partial charge in [-0.3, -0.25) is 0 Å². The molecule has 0 fully saturated rings. The smallest absolute Gasteiger partial charge is 0.159 e. The Morgan fingerprint density at radius 3 is 1.65 bits per heavy atom. The molecule has 0 radical (unpaired) electrons. The number of fused-ring (bicyclic) bond motifs is 11. The maximum absolute atomic E-state index is 6.63. The van der Waals surface area contributed by atoms with Crippen LogP contribution in [0.15, 0.2) is 150 Å². The first-order valence-corrected chi connectivity index (χ1v) is 19.7. The van der Waals surface area contributed by atoms with E-state index < -0.39 is 0 Å². The molecule has 0 atom stereocenters. The summed E-state index contributed by atoms with van der Waals surface area (Å²) in [6.07, 6.45) is 0. The third-order valence-corrected chi connectivity index (χ3v) is 13.0. The Bertz CT molecular complexity index is 3060. The van der Waals surface area contributed by atoms with Crippen LogP contribution in [0.1, 0.15) is 75.3 Å². The van der Waals surface area contributed by atoms with Crippen LogP contribution in [0.2, 0.25) is 0 Å². The first-order chi connectivity index (χ1) is 26.6. The van der Waals surface area contributed by atoms with Crippen molar-refractivity contribution in [3.8, 4) is 22.3 Å². The highest BCUT2D eigenvalue weighted by molar-refractivity contribution is 6.10. The van der Waals surface area contributed by atoms with E-state index in [1.165, 1.54) is 71.6 Å². The molecule has 2 heteroatoms. The molecule has 0 N–H and O–H groups in total. The van der Waals surface area contributed by atoms with Gasteiger partial charge in [0.2, 0.25) is 0 Å². The lowest BCUT2D eigenvalue weighted by Crippen LogP contribution is -2.17. The minimum absolute atomic E-state index is 0.0814. The molecule has 1 aromatic heterocycles. The summed E-state index contributed by atoms with van der Waals surface area (Å²) in [6, 6.07) is 54.5. The molecule has 11 rings (SSSR count). The van der Waals surface area contributed by atoms with Crippen LogP contribution in [0.25, 0.3) is 65.7 Å². The Labute approximate surface area is 322 Å². The van der Waals surface area contributed by atoms with Gasteiger partial charge in [0.15, 0.2) is 5.58 Å². The summed E-state index contributed by atoms with van der Waals surface area (Å²) in [5.74, 6) is 0.457. The van der Waals surface area contributed by atoms with Crippen LogP contribution in [-0.4, -0.2) is 0 Å². The van der Waals surface area contributed by atoms with Gasteiger partial charge in [-0.05, 0) is 150 Å². The number of hydrogen-bond acceptors (Lipinski definition) is 2. The Morgan fingerprint density at radius 2 is 0.982 bits per heavy atom. The molecule has 0 saturated heterocycles. The molecule has 1 heterocycles.